The maximum Gasteiger partial charge on any atom is 0.167 e. The van der Waals surface area contributed by atoms with E-state index in [2.05, 4.69) is 26.0 Å². The van der Waals surface area contributed by atoms with E-state index in [0.717, 1.165) is 31.2 Å². The van der Waals surface area contributed by atoms with Crippen molar-refractivity contribution in [3.05, 3.63) is 35.4 Å². The molecule has 0 radical (unpaired) electrons. The summed E-state index contributed by atoms with van der Waals surface area (Å²) in [5.41, 5.74) is 8.32. The molecule has 0 aromatic heterocycles. The largest absolute Gasteiger partial charge is 0.327 e. The summed E-state index contributed by atoms with van der Waals surface area (Å²) < 4.78 is 0. The molecule has 110 valence electrons. The van der Waals surface area contributed by atoms with Crippen molar-refractivity contribution in [2.24, 2.45) is 17.6 Å². The summed E-state index contributed by atoms with van der Waals surface area (Å²) in [6, 6.07) is 8.18. The van der Waals surface area contributed by atoms with Gasteiger partial charge in [-0.3, -0.25) is 4.79 Å². The van der Waals surface area contributed by atoms with E-state index >= 15 is 0 Å². The van der Waals surface area contributed by atoms with E-state index in [9.17, 15) is 4.79 Å². The lowest BCUT2D eigenvalue weighted by molar-refractivity contribution is 0.0894. The van der Waals surface area contributed by atoms with Crippen LogP contribution in [0.25, 0.3) is 0 Å². The lowest BCUT2D eigenvalue weighted by atomic mass is 9.87. The van der Waals surface area contributed by atoms with Crippen molar-refractivity contribution in [2.45, 2.75) is 58.4 Å². The highest BCUT2D eigenvalue weighted by molar-refractivity contribution is 5.98. The molecular weight excluding hydrogens is 246 g/mol. The van der Waals surface area contributed by atoms with Gasteiger partial charge < -0.3 is 5.73 Å². The number of hydrogen-bond donors (Lipinski definition) is 1. The Kier molecular flexibility index (Phi) is 5.36. The molecule has 20 heavy (non-hydrogen) atoms. The Balaban J connectivity index is 2.15. The summed E-state index contributed by atoms with van der Waals surface area (Å²) in [5.74, 6) is 0.886. The standard InChI is InChI=1S/C18H27NO/c1-13(2)11-14-7-6-8-15(12-14)18(20)16-9-4-3-5-10-17(16)19/h6-8,12-13,16-17H,3-5,9-11,19H2,1-2H3. The third kappa shape index (κ3) is 3.92. The molecule has 2 nitrogen and oxygen atoms in total. The van der Waals surface area contributed by atoms with Gasteiger partial charge in [0.05, 0.1) is 0 Å². The highest BCUT2D eigenvalue weighted by Gasteiger charge is 2.27. The molecule has 0 heterocycles. The first-order valence-corrected chi connectivity index (χ1v) is 7.96. The molecule has 2 N–H and O–H groups in total. The number of ketones is 1. The van der Waals surface area contributed by atoms with E-state index in [-0.39, 0.29) is 17.7 Å². The lowest BCUT2D eigenvalue weighted by Crippen LogP contribution is -2.34. The van der Waals surface area contributed by atoms with E-state index in [0.29, 0.717) is 5.92 Å². The van der Waals surface area contributed by atoms with Gasteiger partial charge in [-0.2, -0.15) is 0 Å². The predicted octanol–water partition coefficient (Wildman–Crippen LogP) is 3.98. The molecule has 0 spiro atoms. The summed E-state index contributed by atoms with van der Waals surface area (Å²) in [4.78, 5) is 12.7. The molecule has 2 unspecified atom stereocenters. The van der Waals surface area contributed by atoms with E-state index in [1.807, 2.05) is 12.1 Å². The van der Waals surface area contributed by atoms with Gasteiger partial charge >= 0.3 is 0 Å². The molecule has 0 saturated heterocycles. The average molecular weight is 273 g/mol. The van der Waals surface area contributed by atoms with E-state index in [4.69, 9.17) is 5.73 Å². The minimum atomic E-state index is 0.0202. The molecule has 0 bridgehead atoms. The van der Waals surface area contributed by atoms with E-state index in [1.165, 1.54) is 18.4 Å². The first-order chi connectivity index (χ1) is 9.58. The smallest absolute Gasteiger partial charge is 0.167 e. The Bertz CT molecular complexity index is 452. The van der Waals surface area contributed by atoms with Gasteiger partial charge in [0.2, 0.25) is 0 Å². The fourth-order valence-electron chi connectivity index (χ4n) is 3.20. The number of rotatable bonds is 4. The third-order valence-corrected chi connectivity index (χ3v) is 4.26. The molecule has 1 fully saturated rings. The third-order valence-electron chi connectivity index (χ3n) is 4.26. The van der Waals surface area contributed by atoms with Gasteiger partial charge in [-0.25, -0.2) is 0 Å². The zero-order valence-electron chi connectivity index (χ0n) is 12.8. The van der Waals surface area contributed by atoms with Gasteiger partial charge in [0.15, 0.2) is 5.78 Å². The van der Waals surface area contributed by atoms with Crippen molar-refractivity contribution in [2.75, 3.05) is 0 Å². The molecule has 1 aromatic rings. The molecule has 1 saturated carbocycles. The maximum absolute atomic E-state index is 12.7. The monoisotopic (exact) mass is 273 g/mol. The number of benzene rings is 1. The van der Waals surface area contributed by atoms with Gasteiger partial charge in [-0.1, -0.05) is 51.3 Å². The van der Waals surface area contributed by atoms with Crippen LogP contribution in [0, 0.1) is 11.8 Å². The number of carbonyl (C=O) groups is 1. The van der Waals surface area contributed by atoms with Crippen LogP contribution < -0.4 is 5.73 Å². The maximum atomic E-state index is 12.7. The molecule has 0 amide bonds. The topological polar surface area (TPSA) is 43.1 Å². The van der Waals surface area contributed by atoms with Crippen LogP contribution in [0.3, 0.4) is 0 Å². The van der Waals surface area contributed by atoms with Crippen LogP contribution in [0.15, 0.2) is 24.3 Å². The highest BCUT2D eigenvalue weighted by atomic mass is 16.1. The van der Waals surface area contributed by atoms with Crippen LogP contribution >= 0.6 is 0 Å². The minimum Gasteiger partial charge on any atom is -0.327 e. The summed E-state index contributed by atoms with van der Waals surface area (Å²) in [6.07, 6.45) is 6.48. The fourth-order valence-corrected chi connectivity index (χ4v) is 3.20. The zero-order chi connectivity index (χ0) is 14.5. The fraction of sp³-hybridized carbons (Fsp3) is 0.611. The van der Waals surface area contributed by atoms with Crippen molar-refractivity contribution in [1.82, 2.24) is 0 Å². The Labute approximate surface area is 122 Å². The SMILES string of the molecule is CC(C)Cc1cccc(C(=O)C2CCCCCC2N)c1. The van der Waals surface area contributed by atoms with Gasteiger partial charge in [0, 0.05) is 17.5 Å². The molecule has 0 aliphatic heterocycles. The molecule has 1 aliphatic rings. The predicted molar refractivity (Wildman–Crippen MR) is 83.9 cm³/mol. The molecule has 1 aromatic carbocycles. The Morgan fingerprint density at radius 2 is 2.00 bits per heavy atom. The summed E-state index contributed by atoms with van der Waals surface area (Å²) in [6.45, 7) is 4.41. The van der Waals surface area contributed by atoms with Crippen LogP contribution in [0.5, 0.6) is 0 Å². The molecule has 2 atom stereocenters. The molecular formula is C18H27NO. The van der Waals surface area contributed by atoms with Crippen molar-refractivity contribution < 1.29 is 4.79 Å². The first kappa shape index (κ1) is 15.2. The van der Waals surface area contributed by atoms with Gasteiger partial charge in [0.1, 0.15) is 0 Å². The van der Waals surface area contributed by atoms with Crippen LogP contribution in [-0.2, 0) is 6.42 Å². The van der Waals surface area contributed by atoms with Gasteiger partial charge in [0.25, 0.3) is 0 Å². The first-order valence-electron chi connectivity index (χ1n) is 7.96. The van der Waals surface area contributed by atoms with E-state index in [1.54, 1.807) is 0 Å². The molecule has 2 rings (SSSR count). The highest BCUT2D eigenvalue weighted by Crippen LogP contribution is 2.26. The Morgan fingerprint density at radius 1 is 1.25 bits per heavy atom. The van der Waals surface area contributed by atoms with Crippen LogP contribution in [0.2, 0.25) is 0 Å². The van der Waals surface area contributed by atoms with Gasteiger partial charge in [-0.05, 0) is 36.8 Å². The second-order valence-corrected chi connectivity index (χ2v) is 6.57. The van der Waals surface area contributed by atoms with Crippen LogP contribution in [0.1, 0.15) is 61.9 Å². The molecule has 2 heteroatoms. The van der Waals surface area contributed by atoms with Crippen molar-refractivity contribution in [3.63, 3.8) is 0 Å². The Hall–Kier alpha value is -1.15. The quantitative estimate of drug-likeness (QED) is 0.666. The van der Waals surface area contributed by atoms with Crippen molar-refractivity contribution >= 4 is 5.78 Å². The average Bonchev–Trinajstić information content (AvgIpc) is 2.62. The van der Waals surface area contributed by atoms with Crippen LogP contribution in [-0.4, -0.2) is 11.8 Å². The number of nitrogens with two attached hydrogens (primary N) is 1. The zero-order valence-corrected chi connectivity index (χ0v) is 12.8. The van der Waals surface area contributed by atoms with Crippen LogP contribution in [0.4, 0.5) is 0 Å². The second-order valence-electron chi connectivity index (χ2n) is 6.57. The van der Waals surface area contributed by atoms with Crippen molar-refractivity contribution in [1.29, 1.82) is 0 Å². The number of Topliss-reactive ketones (excluding diaryl/α,β-unsaturated/α-hetero) is 1. The van der Waals surface area contributed by atoms with Gasteiger partial charge in [-0.15, -0.1) is 0 Å². The Morgan fingerprint density at radius 3 is 2.75 bits per heavy atom. The summed E-state index contributed by atoms with van der Waals surface area (Å²) in [7, 11) is 0. The number of hydrogen-bond acceptors (Lipinski definition) is 2. The lowest BCUT2D eigenvalue weighted by Gasteiger charge is -2.20. The summed E-state index contributed by atoms with van der Waals surface area (Å²) in [5, 5.41) is 0. The van der Waals surface area contributed by atoms with E-state index < -0.39 is 0 Å². The summed E-state index contributed by atoms with van der Waals surface area (Å²) >= 11 is 0. The number of carbonyl (C=O) groups excluding carboxylic acids is 1. The molecule has 1 aliphatic carbocycles. The second kappa shape index (κ2) is 7.03. The van der Waals surface area contributed by atoms with Crippen molar-refractivity contribution in [3.8, 4) is 0 Å². The normalized spacial score (nSPS) is 23.6. The minimum absolute atomic E-state index is 0.0202.